The van der Waals surface area contributed by atoms with Crippen molar-refractivity contribution in [2.45, 2.75) is 19.3 Å². The molecule has 2 aliphatic heterocycles. The smallest absolute Gasteiger partial charge is 0.241 e. The Labute approximate surface area is 149 Å². The van der Waals surface area contributed by atoms with Crippen molar-refractivity contribution in [2.24, 2.45) is 5.92 Å². The van der Waals surface area contributed by atoms with Gasteiger partial charge in [-0.2, -0.15) is 0 Å². The van der Waals surface area contributed by atoms with Crippen molar-refractivity contribution < 1.29 is 14.4 Å². The van der Waals surface area contributed by atoms with E-state index >= 15 is 0 Å². The van der Waals surface area contributed by atoms with Crippen LogP contribution in [0.25, 0.3) is 0 Å². The van der Waals surface area contributed by atoms with Crippen LogP contribution in [0.4, 0.5) is 5.69 Å². The van der Waals surface area contributed by atoms with Crippen molar-refractivity contribution in [1.82, 2.24) is 10.2 Å². The second kappa shape index (κ2) is 7.34. The highest BCUT2D eigenvalue weighted by Gasteiger charge is 2.36. The summed E-state index contributed by atoms with van der Waals surface area (Å²) in [5.41, 5.74) is 0.769. The number of carbonyl (C=O) groups is 3. The first-order valence-corrected chi connectivity index (χ1v) is 8.96. The van der Waals surface area contributed by atoms with Gasteiger partial charge in [0.25, 0.3) is 0 Å². The molecule has 0 aromatic heterocycles. The van der Waals surface area contributed by atoms with Crippen molar-refractivity contribution in [3.8, 4) is 0 Å². The van der Waals surface area contributed by atoms with Gasteiger partial charge in [-0.3, -0.25) is 14.4 Å². The number of hydrogen-bond acceptors (Lipinski definition) is 3. The van der Waals surface area contributed by atoms with Crippen LogP contribution in [0.3, 0.4) is 0 Å². The SMILES string of the molecule is O=C(NCC(=O)N1CCCC1)C1CC(=O)N(c2ccccc2Br)C1. The zero-order chi connectivity index (χ0) is 17.1. The van der Waals surface area contributed by atoms with Crippen LogP contribution in [0, 0.1) is 5.92 Å². The standard InChI is InChI=1S/C17H20BrN3O3/c18-13-5-1-2-6-14(13)21-11-12(9-15(21)22)17(24)19-10-16(23)20-7-3-4-8-20/h1-2,5-6,12H,3-4,7-11H2,(H,19,24). The largest absolute Gasteiger partial charge is 0.347 e. The summed E-state index contributed by atoms with van der Waals surface area (Å²) in [6.45, 7) is 1.89. The van der Waals surface area contributed by atoms with Crippen LogP contribution in [-0.2, 0) is 14.4 Å². The Kier molecular flexibility index (Phi) is 5.18. The molecule has 1 aromatic carbocycles. The molecule has 1 atom stereocenters. The number of amides is 3. The lowest BCUT2D eigenvalue weighted by Gasteiger charge is -2.19. The van der Waals surface area contributed by atoms with Crippen molar-refractivity contribution in [1.29, 1.82) is 0 Å². The van der Waals surface area contributed by atoms with E-state index < -0.39 is 5.92 Å². The molecule has 1 aromatic rings. The van der Waals surface area contributed by atoms with Gasteiger partial charge in [-0.15, -0.1) is 0 Å². The van der Waals surface area contributed by atoms with Crippen LogP contribution in [0.1, 0.15) is 19.3 Å². The molecule has 128 valence electrons. The summed E-state index contributed by atoms with van der Waals surface area (Å²) in [4.78, 5) is 39.9. The Morgan fingerprint density at radius 1 is 1.21 bits per heavy atom. The fourth-order valence-electron chi connectivity index (χ4n) is 3.17. The van der Waals surface area contributed by atoms with Gasteiger partial charge in [-0.05, 0) is 40.9 Å². The third-order valence-electron chi connectivity index (χ3n) is 4.51. The molecule has 7 heteroatoms. The number of halogens is 1. The van der Waals surface area contributed by atoms with E-state index in [1.807, 2.05) is 24.3 Å². The summed E-state index contributed by atoms with van der Waals surface area (Å²) < 4.78 is 0.823. The minimum Gasteiger partial charge on any atom is -0.347 e. The minimum atomic E-state index is -0.420. The Bertz CT molecular complexity index is 658. The Morgan fingerprint density at radius 3 is 2.62 bits per heavy atom. The molecule has 2 saturated heterocycles. The number of hydrogen-bond donors (Lipinski definition) is 1. The highest BCUT2D eigenvalue weighted by molar-refractivity contribution is 9.10. The number of nitrogens with zero attached hydrogens (tertiary/aromatic N) is 2. The normalized spacial score (nSPS) is 20.5. The van der Waals surface area contributed by atoms with Gasteiger partial charge >= 0.3 is 0 Å². The molecular formula is C17H20BrN3O3. The van der Waals surface area contributed by atoms with Crippen LogP contribution in [0.15, 0.2) is 28.7 Å². The quantitative estimate of drug-likeness (QED) is 0.843. The number of carbonyl (C=O) groups excluding carboxylic acids is 3. The van der Waals surface area contributed by atoms with Gasteiger partial charge in [0.2, 0.25) is 17.7 Å². The number of benzene rings is 1. The lowest BCUT2D eigenvalue weighted by atomic mass is 10.1. The fourth-order valence-corrected chi connectivity index (χ4v) is 3.67. The van der Waals surface area contributed by atoms with E-state index in [1.54, 1.807) is 9.80 Å². The maximum Gasteiger partial charge on any atom is 0.241 e. The molecule has 3 rings (SSSR count). The predicted molar refractivity (Wildman–Crippen MR) is 93.4 cm³/mol. The molecule has 0 saturated carbocycles. The van der Waals surface area contributed by atoms with Crippen molar-refractivity contribution in [3.05, 3.63) is 28.7 Å². The average molecular weight is 394 g/mol. The number of para-hydroxylation sites is 1. The molecule has 0 bridgehead atoms. The summed E-state index contributed by atoms with van der Waals surface area (Å²) in [5.74, 6) is -0.776. The topological polar surface area (TPSA) is 69.7 Å². The Hall–Kier alpha value is -1.89. The first-order chi connectivity index (χ1) is 11.6. The van der Waals surface area contributed by atoms with Gasteiger partial charge in [0, 0.05) is 30.5 Å². The molecule has 1 N–H and O–H groups in total. The van der Waals surface area contributed by atoms with E-state index in [4.69, 9.17) is 0 Å². The number of nitrogens with one attached hydrogen (secondary N) is 1. The molecule has 0 spiro atoms. The van der Waals surface area contributed by atoms with Crippen molar-refractivity contribution in [3.63, 3.8) is 0 Å². The van der Waals surface area contributed by atoms with Crippen LogP contribution >= 0.6 is 15.9 Å². The third-order valence-corrected chi connectivity index (χ3v) is 5.18. The Balaban J connectivity index is 1.56. The van der Waals surface area contributed by atoms with E-state index in [9.17, 15) is 14.4 Å². The number of anilines is 1. The van der Waals surface area contributed by atoms with E-state index in [0.29, 0.717) is 6.54 Å². The summed E-state index contributed by atoms with van der Waals surface area (Å²) in [7, 11) is 0. The second-order valence-corrected chi connectivity index (χ2v) is 7.02. The molecule has 2 heterocycles. The number of likely N-dealkylation sites (tertiary alicyclic amines) is 1. The molecular weight excluding hydrogens is 374 g/mol. The first kappa shape index (κ1) is 17.0. The van der Waals surface area contributed by atoms with E-state index in [-0.39, 0.29) is 30.7 Å². The van der Waals surface area contributed by atoms with E-state index in [1.165, 1.54) is 0 Å². The monoisotopic (exact) mass is 393 g/mol. The zero-order valence-electron chi connectivity index (χ0n) is 13.3. The summed E-state index contributed by atoms with van der Waals surface area (Å²) in [6, 6.07) is 7.45. The zero-order valence-corrected chi connectivity index (χ0v) is 14.9. The van der Waals surface area contributed by atoms with Crippen LogP contribution in [0.2, 0.25) is 0 Å². The van der Waals surface area contributed by atoms with Gasteiger partial charge < -0.3 is 15.1 Å². The van der Waals surface area contributed by atoms with Crippen molar-refractivity contribution in [2.75, 3.05) is 31.1 Å². The summed E-state index contributed by atoms with van der Waals surface area (Å²) >= 11 is 3.43. The lowest BCUT2D eigenvalue weighted by Crippen LogP contribution is -2.41. The maximum absolute atomic E-state index is 12.3. The second-order valence-electron chi connectivity index (χ2n) is 6.16. The van der Waals surface area contributed by atoms with Gasteiger partial charge in [-0.25, -0.2) is 0 Å². The van der Waals surface area contributed by atoms with Crippen LogP contribution in [-0.4, -0.2) is 48.8 Å². The molecule has 24 heavy (non-hydrogen) atoms. The van der Waals surface area contributed by atoms with Crippen LogP contribution in [0.5, 0.6) is 0 Å². The predicted octanol–water partition coefficient (Wildman–Crippen LogP) is 1.54. The highest BCUT2D eigenvalue weighted by atomic mass is 79.9. The maximum atomic E-state index is 12.3. The molecule has 1 unspecified atom stereocenters. The van der Waals surface area contributed by atoms with Gasteiger partial charge in [-0.1, -0.05) is 12.1 Å². The van der Waals surface area contributed by atoms with Gasteiger partial charge in [0.15, 0.2) is 0 Å². The molecule has 6 nitrogen and oxygen atoms in total. The van der Waals surface area contributed by atoms with E-state index in [2.05, 4.69) is 21.2 Å². The minimum absolute atomic E-state index is 0.0125. The Morgan fingerprint density at radius 2 is 1.92 bits per heavy atom. The van der Waals surface area contributed by atoms with Crippen LogP contribution < -0.4 is 10.2 Å². The molecule has 2 fully saturated rings. The average Bonchev–Trinajstić information content (AvgIpc) is 3.23. The summed E-state index contributed by atoms with van der Waals surface area (Å²) in [5, 5.41) is 2.69. The molecule has 0 radical (unpaired) electrons. The first-order valence-electron chi connectivity index (χ1n) is 8.16. The molecule has 0 aliphatic carbocycles. The van der Waals surface area contributed by atoms with E-state index in [0.717, 1.165) is 36.1 Å². The fraction of sp³-hybridized carbons (Fsp3) is 0.471. The molecule has 3 amide bonds. The van der Waals surface area contributed by atoms with Crippen molar-refractivity contribution >= 4 is 39.3 Å². The number of rotatable bonds is 4. The van der Waals surface area contributed by atoms with Gasteiger partial charge in [0.05, 0.1) is 18.2 Å². The van der Waals surface area contributed by atoms with Gasteiger partial charge in [0.1, 0.15) is 0 Å². The summed E-state index contributed by atoms with van der Waals surface area (Å²) in [6.07, 6.45) is 2.22. The molecule has 2 aliphatic rings. The third kappa shape index (κ3) is 3.61. The lowest BCUT2D eigenvalue weighted by molar-refractivity contribution is -0.133. The highest BCUT2D eigenvalue weighted by Crippen LogP contribution is 2.31.